The highest BCUT2D eigenvalue weighted by molar-refractivity contribution is 6.64. The third-order valence-electron chi connectivity index (χ3n) is 5.39. The summed E-state index contributed by atoms with van der Waals surface area (Å²) in [7, 11) is -1.03. The molecule has 1 atom stereocenters. The van der Waals surface area contributed by atoms with Crippen LogP contribution in [0.15, 0.2) is 30.3 Å². The molecule has 0 aromatic heterocycles. The van der Waals surface area contributed by atoms with Gasteiger partial charge in [-0.3, -0.25) is 4.79 Å². The first-order valence-electron chi connectivity index (χ1n) is 8.21. The van der Waals surface area contributed by atoms with Crippen LogP contribution in [0, 0.1) is 0 Å². The van der Waals surface area contributed by atoms with E-state index in [1.54, 1.807) is 0 Å². The van der Waals surface area contributed by atoms with Gasteiger partial charge in [-0.25, -0.2) is 0 Å². The molecule has 3 heteroatoms. The van der Waals surface area contributed by atoms with E-state index in [1.807, 2.05) is 0 Å². The van der Waals surface area contributed by atoms with Crippen molar-refractivity contribution in [1.82, 2.24) is 5.32 Å². The monoisotopic (exact) mass is 299 g/mol. The zero-order valence-corrected chi connectivity index (χ0v) is 14.2. The van der Waals surface area contributed by atoms with E-state index in [1.165, 1.54) is 30.4 Å². The number of amides is 1. The van der Waals surface area contributed by atoms with Crippen molar-refractivity contribution in [3.63, 3.8) is 0 Å². The van der Waals surface area contributed by atoms with Crippen molar-refractivity contribution in [1.29, 1.82) is 0 Å². The Labute approximate surface area is 129 Å². The molecule has 1 aromatic carbocycles. The molecule has 3 rings (SSSR count). The number of nitrogens with one attached hydrogen (secondary N) is 1. The molecular weight excluding hydrogens is 274 g/mol. The molecule has 21 heavy (non-hydrogen) atoms. The van der Waals surface area contributed by atoms with E-state index in [9.17, 15) is 4.79 Å². The van der Waals surface area contributed by atoms with Crippen molar-refractivity contribution in [2.75, 3.05) is 0 Å². The van der Waals surface area contributed by atoms with Crippen molar-refractivity contribution in [3.05, 3.63) is 41.5 Å². The largest absolute Gasteiger partial charge is 0.346 e. The predicted molar refractivity (Wildman–Crippen MR) is 91.0 cm³/mol. The summed E-state index contributed by atoms with van der Waals surface area (Å²) in [5.74, 6) is 0.315. The average molecular weight is 299 g/mol. The standard InChI is InChI=1S/C18H25NOSi/c1-21(2)18(12-6-3-7-13-18)17(20)19-16-11-10-14-8-4-5-9-15(14)16/h4-5,8-11,16,21H,3,6-7,12-13H2,1-2H3,(H,19,20). The van der Waals surface area contributed by atoms with Crippen LogP contribution in [0.4, 0.5) is 0 Å². The lowest BCUT2D eigenvalue weighted by molar-refractivity contribution is -0.125. The third-order valence-corrected chi connectivity index (χ3v) is 8.44. The molecule has 0 bridgehead atoms. The number of fused-ring (bicyclic) bond motifs is 1. The highest BCUT2D eigenvalue weighted by atomic mass is 28.3. The van der Waals surface area contributed by atoms with Crippen LogP contribution in [-0.4, -0.2) is 14.7 Å². The Hall–Kier alpha value is -1.35. The molecule has 1 fully saturated rings. The molecule has 2 nitrogen and oxygen atoms in total. The fourth-order valence-electron chi connectivity index (χ4n) is 3.91. The van der Waals surface area contributed by atoms with E-state index in [4.69, 9.17) is 0 Å². The Morgan fingerprint density at radius 3 is 2.62 bits per heavy atom. The van der Waals surface area contributed by atoms with Crippen LogP contribution in [0.3, 0.4) is 0 Å². The second kappa shape index (κ2) is 5.80. The van der Waals surface area contributed by atoms with Gasteiger partial charge in [-0.05, 0) is 24.0 Å². The molecule has 1 saturated carbocycles. The summed E-state index contributed by atoms with van der Waals surface area (Å²) in [6.45, 7) is 4.67. The Bertz CT molecular complexity index is 558. The van der Waals surface area contributed by atoms with Gasteiger partial charge in [0.1, 0.15) is 0 Å². The van der Waals surface area contributed by atoms with Gasteiger partial charge in [0.15, 0.2) is 0 Å². The van der Waals surface area contributed by atoms with Crippen LogP contribution in [-0.2, 0) is 4.79 Å². The van der Waals surface area contributed by atoms with Gasteiger partial charge in [0.05, 0.1) is 6.04 Å². The zero-order valence-electron chi connectivity index (χ0n) is 13.1. The van der Waals surface area contributed by atoms with Crippen LogP contribution in [0.2, 0.25) is 18.1 Å². The normalized spacial score (nSPS) is 23.1. The maximum absolute atomic E-state index is 13.0. The molecule has 1 aromatic rings. The fourth-order valence-corrected chi connectivity index (χ4v) is 6.08. The summed E-state index contributed by atoms with van der Waals surface area (Å²) >= 11 is 0. The van der Waals surface area contributed by atoms with E-state index in [0.717, 1.165) is 12.8 Å². The molecule has 1 amide bonds. The number of benzene rings is 1. The van der Waals surface area contributed by atoms with Gasteiger partial charge >= 0.3 is 0 Å². The maximum Gasteiger partial charge on any atom is 0.223 e. The Kier molecular flexibility index (Phi) is 4.03. The molecule has 1 unspecified atom stereocenters. The van der Waals surface area contributed by atoms with Crippen LogP contribution >= 0.6 is 0 Å². The summed E-state index contributed by atoms with van der Waals surface area (Å²) in [6.07, 6.45) is 10.2. The molecule has 2 aliphatic rings. The summed E-state index contributed by atoms with van der Waals surface area (Å²) in [5.41, 5.74) is 2.48. The van der Waals surface area contributed by atoms with E-state index >= 15 is 0 Å². The number of rotatable bonds is 3. The minimum absolute atomic E-state index is 0.0242. The first kappa shape index (κ1) is 14.6. The lowest BCUT2D eigenvalue weighted by atomic mass is 9.87. The highest BCUT2D eigenvalue weighted by Crippen LogP contribution is 2.46. The molecule has 112 valence electrons. The van der Waals surface area contributed by atoms with Gasteiger partial charge in [-0.1, -0.05) is 68.8 Å². The summed E-state index contributed by atoms with van der Waals surface area (Å²) in [6, 6.07) is 8.42. The predicted octanol–water partition coefficient (Wildman–Crippen LogP) is 4.06. The summed E-state index contributed by atoms with van der Waals surface area (Å²) < 4.78 is 0. The first-order valence-corrected chi connectivity index (χ1v) is 11.1. The Balaban J connectivity index is 1.78. The van der Waals surface area contributed by atoms with Gasteiger partial charge in [0.2, 0.25) is 5.91 Å². The molecule has 0 saturated heterocycles. The van der Waals surface area contributed by atoms with Gasteiger partial charge < -0.3 is 5.32 Å². The summed E-state index contributed by atoms with van der Waals surface area (Å²) in [5, 5.41) is 3.31. The van der Waals surface area contributed by atoms with Gasteiger partial charge in [0.25, 0.3) is 0 Å². The topological polar surface area (TPSA) is 29.1 Å². The number of hydrogen-bond acceptors (Lipinski definition) is 1. The first-order chi connectivity index (χ1) is 10.1. The van der Waals surface area contributed by atoms with Crippen LogP contribution in [0.25, 0.3) is 6.08 Å². The number of carbonyl (C=O) groups excluding carboxylic acids is 1. The van der Waals surface area contributed by atoms with Crippen LogP contribution < -0.4 is 5.32 Å². The SMILES string of the molecule is C[SiH](C)C1(C(=O)NC2C=Cc3ccccc32)CCCCC1. The fraction of sp³-hybridized carbons (Fsp3) is 0.500. The second-order valence-electron chi connectivity index (χ2n) is 6.81. The van der Waals surface area contributed by atoms with Crippen molar-refractivity contribution in [2.45, 2.75) is 56.3 Å². The van der Waals surface area contributed by atoms with E-state index < -0.39 is 8.80 Å². The molecule has 0 spiro atoms. The molecule has 1 N–H and O–H groups in total. The van der Waals surface area contributed by atoms with Crippen molar-refractivity contribution < 1.29 is 4.79 Å². The van der Waals surface area contributed by atoms with E-state index in [0.29, 0.717) is 5.91 Å². The van der Waals surface area contributed by atoms with Crippen molar-refractivity contribution >= 4 is 20.8 Å². The van der Waals surface area contributed by atoms with E-state index in [-0.39, 0.29) is 11.1 Å². The number of carbonyl (C=O) groups is 1. The van der Waals surface area contributed by atoms with Gasteiger partial charge in [-0.15, -0.1) is 0 Å². The Morgan fingerprint density at radius 2 is 1.90 bits per heavy atom. The summed E-state index contributed by atoms with van der Waals surface area (Å²) in [4.78, 5) is 13.0. The van der Waals surface area contributed by atoms with E-state index in [2.05, 4.69) is 54.8 Å². The van der Waals surface area contributed by atoms with Crippen LogP contribution in [0.5, 0.6) is 0 Å². The lowest BCUT2D eigenvalue weighted by Crippen LogP contribution is -2.45. The van der Waals surface area contributed by atoms with Gasteiger partial charge in [0, 0.05) is 13.8 Å². The second-order valence-corrected chi connectivity index (χ2v) is 10.2. The smallest absolute Gasteiger partial charge is 0.223 e. The minimum atomic E-state index is -1.03. The van der Waals surface area contributed by atoms with Crippen molar-refractivity contribution in [3.8, 4) is 0 Å². The quantitative estimate of drug-likeness (QED) is 0.838. The average Bonchev–Trinajstić information content (AvgIpc) is 2.91. The van der Waals surface area contributed by atoms with Crippen molar-refractivity contribution in [2.24, 2.45) is 0 Å². The molecule has 0 aliphatic heterocycles. The Morgan fingerprint density at radius 1 is 1.19 bits per heavy atom. The maximum atomic E-state index is 13.0. The molecule has 0 heterocycles. The number of hydrogen-bond donors (Lipinski definition) is 1. The molecule has 0 radical (unpaired) electrons. The third kappa shape index (κ3) is 2.59. The van der Waals surface area contributed by atoms with Crippen LogP contribution in [0.1, 0.15) is 49.3 Å². The minimum Gasteiger partial charge on any atom is -0.346 e. The van der Waals surface area contributed by atoms with Gasteiger partial charge in [-0.2, -0.15) is 0 Å². The lowest BCUT2D eigenvalue weighted by Gasteiger charge is -2.39. The highest BCUT2D eigenvalue weighted by Gasteiger charge is 2.43. The zero-order chi connectivity index (χ0) is 14.9. The molecular formula is C18H25NOSi. The molecule has 2 aliphatic carbocycles.